The van der Waals surface area contributed by atoms with Crippen LogP contribution in [0.2, 0.25) is 10.0 Å². The zero-order valence-electron chi connectivity index (χ0n) is 16.6. The lowest BCUT2D eigenvalue weighted by Crippen LogP contribution is -2.26. The summed E-state index contributed by atoms with van der Waals surface area (Å²) in [5.41, 5.74) is 2.50. The fourth-order valence-electron chi connectivity index (χ4n) is 3.16. The monoisotopic (exact) mass is 450 g/mol. The smallest absolute Gasteiger partial charge is 0.307 e. The number of rotatable bonds is 7. The number of aryl methyl sites for hydroxylation is 1. The number of carbonyl (C=O) groups excluding carboxylic acids is 1. The Hall–Kier alpha value is -2.91. The second-order valence-electron chi connectivity index (χ2n) is 6.75. The van der Waals surface area contributed by atoms with E-state index in [0.29, 0.717) is 34.4 Å². The first-order valence-corrected chi connectivity index (χ1v) is 9.94. The van der Waals surface area contributed by atoms with Gasteiger partial charge in [0.05, 0.1) is 28.5 Å². The maximum atomic E-state index is 12.9. The summed E-state index contributed by atoms with van der Waals surface area (Å²) < 4.78 is 3.02. The van der Waals surface area contributed by atoms with Gasteiger partial charge in [-0.25, -0.2) is 0 Å². The standard InChI is InChI=1S/C19H20Cl2N6O3/c1-4-17(26-9-13(8-22-26)27(29)30)19(28)23-18-11(2)24-25(12(18)3)10-14-15(20)6-5-7-16(14)21/h5-9,17H,4,10H2,1-3H3,(H,23,28). The van der Waals surface area contributed by atoms with E-state index in [1.807, 2.05) is 6.92 Å². The number of carbonyl (C=O) groups is 1. The van der Waals surface area contributed by atoms with Crippen LogP contribution < -0.4 is 5.32 Å². The van der Waals surface area contributed by atoms with Gasteiger partial charge in [0.2, 0.25) is 5.91 Å². The summed E-state index contributed by atoms with van der Waals surface area (Å²) in [5, 5.41) is 23.3. The van der Waals surface area contributed by atoms with E-state index in [4.69, 9.17) is 23.2 Å². The number of hydrogen-bond donors (Lipinski definition) is 1. The SMILES string of the molecule is CCC(C(=O)Nc1c(C)nn(Cc2c(Cl)cccc2Cl)c1C)n1cc([N+](=O)[O-])cn1. The average molecular weight is 451 g/mol. The highest BCUT2D eigenvalue weighted by Gasteiger charge is 2.24. The summed E-state index contributed by atoms with van der Waals surface area (Å²) in [6, 6.07) is 4.59. The molecule has 1 unspecified atom stereocenters. The number of halogens is 2. The number of nitrogens with one attached hydrogen (secondary N) is 1. The Morgan fingerprint density at radius 2 is 1.97 bits per heavy atom. The fourth-order valence-corrected chi connectivity index (χ4v) is 3.67. The van der Waals surface area contributed by atoms with Crippen molar-refractivity contribution >= 4 is 40.5 Å². The Bertz CT molecular complexity index is 1090. The van der Waals surface area contributed by atoms with Crippen molar-refractivity contribution in [1.82, 2.24) is 19.6 Å². The molecule has 1 aromatic carbocycles. The summed E-state index contributed by atoms with van der Waals surface area (Å²) >= 11 is 12.5. The quantitative estimate of drug-likeness (QED) is 0.419. The molecule has 1 N–H and O–H groups in total. The van der Waals surface area contributed by atoms with Gasteiger partial charge in [-0.1, -0.05) is 36.2 Å². The summed E-state index contributed by atoms with van der Waals surface area (Å²) in [6.45, 7) is 5.77. The molecule has 0 spiro atoms. The lowest BCUT2D eigenvalue weighted by Gasteiger charge is -2.15. The topological polar surface area (TPSA) is 108 Å². The van der Waals surface area contributed by atoms with E-state index in [1.165, 1.54) is 10.9 Å². The molecular formula is C19H20Cl2N6O3. The summed E-state index contributed by atoms with van der Waals surface area (Å²) in [4.78, 5) is 23.2. The van der Waals surface area contributed by atoms with E-state index in [2.05, 4.69) is 15.5 Å². The molecule has 3 rings (SSSR count). The van der Waals surface area contributed by atoms with Crippen molar-refractivity contribution in [3.8, 4) is 0 Å². The van der Waals surface area contributed by atoms with Crippen LogP contribution in [0.1, 0.15) is 36.3 Å². The molecule has 0 saturated heterocycles. The molecule has 158 valence electrons. The summed E-state index contributed by atoms with van der Waals surface area (Å²) in [5.74, 6) is -0.336. The van der Waals surface area contributed by atoms with Crippen LogP contribution in [0.15, 0.2) is 30.6 Å². The van der Waals surface area contributed by atoms with E-state index in [1.54, 1.807) is 36.7 Å². The van der Waals surface area contributed by atoms with Crippen LogP contribution in [-0.2, 0) is 11.3 Å². The molecule has 11 heteroatoms. The van der Waals surface area contributed by atoms with Crippen LogP contribution in [-0.4, -0.2) is 30.4 Å². The molecule has 1 amide bonds. The van der Waals surface area contributed by atoms with E-state index in [0.717, 1.165) is 17.5 Å². The molecule has 2 heterocycles. The molecule has 0 radical (unpaired) electrons. The minimum Gasteiger partial charge on any atom is -0.321 e. The number of nitrogens with zero attached hydrogens (tertiary/aromatic N) is 5. The first-order valence-electron chi connectivity index (χ1n) is 9.19. The predicted molar refractivity (Wildman–Crippen MR) is 114 cm³/mol. The Balaban J connectivity index is 1.84. The predicted octanol–water partition coefficient (Wildman–Crippen LogP) is 4.55. The maximum absolute atomic E-state index is 12.9. The van der Waals surface area contributed by atoms with Crippen LogP contribution in [0.4, 0.5) is 11.4 Å². The van der Waals surface area contributed by atoms with Gasteiger partial charge in [-0.3, -0.25) is 24.3 Å². The van der Waals surface area contributed by atoms with Gasteiger partial charge in [-0.2, -0.15) is 10.2 Å². The second-order valence-corrected chi connectivity index (χ2v) is 7.57. The average Bonchev–Trinajstić information content (AvgIpc) is 3.27. The lowest BCUT2D eigenvalue weighted by molar-refractivity contribution is -0.385. The fraction of sp³-hybridized carbons (Fsp3) is 0.316. The Morgan fingerprint density at radius 1 is 1.30 bits per heavy atom. The molecule has 30 heavy (non-hydrogen) atoms. The highest BCUT2D eigenvalue weighted by molar-refractivity contribution is 6.35. The number of nitro groups is 1. The van der Waals surface area contributed by atoms with E-state index in [9.17, 15) is 14.9 Å². The zero-order chi connectivity index (χ0) is 22.0. The molecule has 0 bridgehead atoms. The van der Waals surface area contributed by atoms with Crippen LogP contribution in [0, 0.1) is 24.0 Å². The molecular weight excluding hydrogens is 431 g/mol. The van der Waals surface area contributed by atoms with Gasteiger partial charge in [0.15, 0.2) is 0 Å². The van der Waals surface area contributed by atoms with Crippen molar-refractivity contribution in [3.63, 3.8) is 0 Å². The number of hydrogen-bond acceptors (Lipinski definition) is 5. The third kappa shape index (κ3) is 4.31. The van der Waals surface area contributed by atoms with Crippen LogP contribution in [0.3, 0.4) is 0 Å². The van der Waals surface area contributed by atoms with E-state index >= 15 is 0 Å². The van der Waals surface area contributed by atoms with Crippen molar-refractivity contribution in [2.45, 2.75) is 39.8 Å². The third-order valence-corrected chi connectivity index (χ3v) is 5.51. The van der Waals surface area contributed by atoms with Crippen molar-refractivity contribution in [2.24, 2.45) is 0 Å². The minimum absolute atomic E-state index is 0.168. The van der Waals surface area contributed by atoms with Gasteiger partial charge in [0.25, 0.3) is 0 Å². The number of amides is 1. The zero-order valence-corrected chi connectivity index (χ0v) is 18.1. The molecule has 1 atom stereocenters. The molecule has 0 aliphatic rings. The normalized spacial score (nSPS) is 12.0. The summed E-state index contributed by atoms with van der Waals surface area (Å²) in [6.07, 6.45) is 2.78. The van der Waals surface area contributed by atoms with Crippen LogP contribution >= 0.6 is 23.2 Å². The molecule has 9 nitrogen and oxygen atoms in total. The highest BCUT2D eigenvalue weighted by Crippen LogP contribution is 2.28. The maximum Gasteiger partial charge on any atom is 0.307 e. The minimum atomic E-state index is -0.695. The molecule has 0 aliphatic carbocycles. The first-order chi connectivity index (χ1) is 14.2. The number of aromatic nitrogens is 4. The van der Waals surface area contributed by atoms with Crippen molar-refractivity contribution in [3.05, 3.63) is 67.7 Å². The van der Waals surface area contributed by atoms with Gasteiger partial charge in [0.1, 0.15) is 18.4 Å². The lowest BCUT2D eigenvalue weighted by atomic mass is 10.2. The molecule has 2 aromatic heterocycles. The van der Waals surface area contributed by atoms with Gasteiger partial charge < -0.3 is 5.32 Å². The van der Waals surface area contributed by atoms with Gasteiger partial charge in [-0.05, 0) is 32.4 Å². The molecule has 0 saturated carbocycles. The van der Waals surface area contributed by atoms with Crippen LogP contribution in [0.5, 0.6) is 0 Å². The largest absolute Gasteiger partial charge is 0.321 e. The van der Waals surface area contributed by atoms with E-state index in [-0.39, 0.29) is 11.6 Å². The van der Waals surface area contributed by atoms with Crippen LogP contribution in [0.25, 0.3) is 0 Å². The van der Waals surface area contributed by atoms with Crippen molar-refractivity contribution in [2.75, 3.05) is 5.32 Å². The van der Waals surface area contributed by atoms with Gasteiger partial charge in [0, 0.05) is 15.6 Å². The van der Waals surface area contributed by atoms with Gasteiger partial charge >= 0.3 is 5.69 Å². The van der Waals surface area contributed by atoms with Crippen molar-refractivity contribution < 1.29 is 9.72 Å². The second kappa shape index (κ2) is 8.85. The summed E-state index contributed by atoms with van der Waals surface area (Å²) in [7, 11) is 0. The molecule has 3 aromatic rings. The Morgan fingerprint density at radius 3 is 2.53 bits per heavy atom. The Kier molecular flexibility index (Phi) is 6.42. The van der Waals surface area contributed by atoms with Gasteiger partial charge in [-0.15, -0.1) is 0 Å². The first kappa shape index (κ1) is 21.8. The number of anilines is 1. The molecule has 0 aliphatic heterocycles. The Labute approximate surface area is 182 Å². The van der Waals surface area contributed by atoms with Crippen molar-refractivity contribution in [1.29, 1.82) is 0 Å². The van der Waals surface area contributed by atoms with E-state index < -0.39 is 11.0 Å². The molecule has 0 fully saturated rings. The third-order valence-electron chi connectivity index (χ3n) is 4.81. The number of benzene rings is 1. The highest BCUT2D eigenvalue weighted by atomic mass is 35.5.